The van der Waals surface area contributed by atoms with Gasteiger partial charge in [0.2, 0.25) is 0 Å². The van der Waals surface area contributed by atoms with Gasteiger partial charge in [0.05, 0.1) is 5.38 Å². The molecule has 4 heteroatoms. The zero-order valence-corrected chi connectivity index (χ0v) is 5.60. The van der Waals surface area contributed by atoms with E-state index in [1.807, 2.05) is 0 Å². The maximum atomic E-state index is 9.91. The molecule has 1 saturated heterocycles. The van der Waals surface area contributed by atoms with Crippen LogP contribution in [0.1, 0.15) is 0 Å². The van der Waals surface area contributed by atoms with Crippen LogP contribution in [0.3, 0.4) is 0 Å². The van der Waals surface area contributed by atoms with Crippen molar-refractivity contribution in [3.63, 3.8) is 0 Å². The van der Waals surface area contributed by atoms with Gasteiger partial charge in [-0.25, -0.2) is 9.90 Å². The first-order valence-electron chi connectivity index (χ1n) is 2.75. The Bertz CT molecular complexity index is 122. The lowest BCUT2D eigenvalue weighted by atomic mass is 10.2. The van der Waals surface area contributed by atoms with E-state index in [1.54, 1.807) is 4.90 Å². The fraction of sp³-hybridized carbons (Fsp3) is 0.800. The van der Waals surface area contributed by atoms with Gasteiger partial charge in [0.1, 0.15) is 6.54 Å². The van der Waals surface area contributed by atoms with Gasteiger partial charge < -0.3 is 0 Å². The maximum absolute atomic E-state index is 9.91. The molecule has 0 aromatic rings. The minimum absolute atomic E-state index is 0.0171. The topological polar surface area (TPSA) is 40.2 Å². The Kier molecular flexibility index (Phi) is 1.93. The van der Waals surface area contributed by atoms with Crippen molar-refractivity contribution in [3.05, 3.63) is 0 Å². The van der Waals surface area contributed by atoms with E-state index in [9.17, 15) is 9.90 Å². The molecule has 0 unspecified atom stereocenters. The number of hydrogen-bond donors (Lipinski definition) is 0. The van der Waals surface area contributed by atoms with E-state index in [0.29, 0.717) is 13.1 Å². The SMILES string of the molecule is [O]C(=O)CN1CC(Cl)C1. The van der Waals surface area contributed by atoms with Crippen LogP contribution in [0.15, 0.2) is 0 Å². The largest absolute Gasteiger partial charge is 0.369 e. The molecule has 0 aromatic heterocycles. The summed E-state index contributed by atoms with van der Waals surface area (Å²) in [6, 6.07) is 0. The third-order valence-corrected chi connectivity index (χ3v) is 1.54. The summed E-state index contributed by atoms with van der Waals surface area (Å²) in [4.78, 5) is 11.6. The first-order valence-corrected chi connectivity index (χ1v) is 3.18. The van der Waals surface area contributed by atoms with Crippen molar-refractivity contribution in [3.8, 4) is 0 Å². The van der Waals surface area contributed by atoms with Gasteiger partial charge in [-0.1, -0.05) is 0 Å². The highest BCUT2D eigenvalue weighted by Crippen LogP contribution is 2.12. The molecule has 1 radical (unpaired) electrons. The summed E-state index contributed by atoms with van der Waals surface area (Å²) in [5.41, 5.74) is 0. The Morgan fingerprint density at radius 2 is 2.22 bits per heavy atom. The molecule has 0 bridgehead atoms. The van der Waals surface area contributed by atoms with Gasteiger partial charge in [-0.3, -0.25) is 4.90 Å². The molecule has 0 atom stereocenters. The van der Waals surface area contributed by atoms with Gasteiger partial charge >= 0.3 is 5.97 Å². The molecule has 0 aromatic carbocycles. The maximum Gasteiger partial charge on any atom is 0.369 e. The predicted molar refractivity (Wildman–Crippen MR) is 31.8 cm³/mol. The molecular weight excluding hydrogens is 142 g/mol. The second-order valence-electron chi connectivity index (χ2n) is 2.16. The summed E-state index contributed by atoms with van der Waals surface area (Å²) in [5.74, 6) is -1.03. The molecule has 1 fully saturated rings. The number of likely N-dealkylation sites (tertiary alicyclic amines) is 1. The first-order chi connectivity index (χ1) is 4.18. The lowest BCUT2D eigenvalue weighted by Gasteiger charge is -2.33. The zero-order chi connectivity index (χ0) is 6.85. The number of hydrogen-bond acceptors (Lipinski definition) is 2. The van der Waals surface area contributed by atoms with E-state index in [4.69, 9.17) is 11.6 Å². The standard InChI is InChI=1S/C5H7ClNO2/c6-4-1-7(2-4)3-5(8)9/h4H,1-3H2. The van der Waals surface area contributed by atoms with Crippen molar-refractivity contribution in [2.45, 2.75) is 5.38 Å². The third-order valence-electron chi connectivity index (χ3n) is 1.27. The molecule has 51 valence electrons. The lowest BCUT2D eigenvalue weighted by molar-refractivity contribution is -0.145. The number of alkyl halides is 1. The second-order valence-corrected chi connectivity index (χ2v) is 2.78. The van der Waals surface area contributed by atoms with E-state index >= 15 is 0 Å². The van der Waals surface area contributed by atoms with E-state index in [2.05, 4.69) is 0 Å². The van der Waals surface area contributed by atoms with Gasteiger partial charge in [0.15, 0.2) is 0 Å². The van der Waals surface area contributed by atoms with Gasteiger partial charge in [0, 0.05) is 13.1 Å². The summed E-state index contributed by atoms with van der Waals surface area (Å²) >= 11 is 5.57. The summed E-state index contributed by atoms with van der Waals surface area (Å²) in [5, 5.41) is 10.1. The Balaban J connectivity index is 2.11. The lowest BCUT2D eigenvalue weighted by Crippen LogP contribution is -2.49. The summed E-state index contributed by atoms with van der Waals surface area (Å²) in [6.45, 7) is 1.37. The molecule has 0 amide bonds. The molecule has 1 rings (SSSR count). The number of carbonyl (C=O) groups is 1. The van der Waals surface area contributed by atoms with Crippen molar-refractivity contribution >= 4 is 17.6 Å². The fourth-order valence-electron chi connectivity index (χ4n) is 0.819. The van der Waals surface area contributed by atoms with Crippen LogP contribution < -0.4 is 0 Å². The minimum Gasteiger partial charge on any atom is -0.290 e. The van der Waals surface area contributed by atoms with Crippen LogP contribution in [0.5, 0.6) is 0 Å². The minimum atomic E-state index is -1.03. The van der Waals surface area contributed by atoms with E-state index < -0.39 is 5.97 Å². The molecular formula is C5H7ClNO2. The Labute approximate surface area is 58.2 Å². The number of nitrogens with zero attached hydrogens (tertiary/aromatic N) is 1. The van der Waals surface area contributed by atoms with Crippen molar-refractivity contribution in [2.75, 3.05) is 19.6 Å². The molecule has 0 saturated carbocycles. The van der Waals surface area contributed by atoms with E-state index in [0.717, 1.165) is 0 Å². The van der Waals surface area contributed by atoms with Crippen LogP contribution in [0.2, 0.25) is 0 Å². The highest BCUT2D eigenvalue weighted by atomic mass is 35.5. The summed E-state index contributed by atoms with van der Waals surface area (Å²) in [6.07, 6.45) is 0. The summed E-state index contributed by atoms with van der Waals surface area (Å²) < 4.78 is 0. The molecule has 1 heterocycles. The van der Waals surface area contributed by atoms with Crippen molar-refractivity contribution in [1.29, 1.82) is 0 Å². The smallest absolute Gasteiger partial charge is 0.290 e. The molecule has 0 N–H and O–H groups in total. The molecule has 0 aliphatic carbocycles. The second kappa shape index (κ2) is 2.54. The average molecular weight is 149 g/mol. The van der Waals surface area contributed by atoms with E-state index in [-0.39, 0.29) is 11.9 Å². The van der Waals surface area contributed by atoms with Crippen LogP contribution >= 0.6 is 11.6 Å². The van der Waals surface area contributed by atoms with Gasteiger partial charge in [-0.05, 0) is 0 Å². The fourth-order valence-corrected chi connectivity index (χ4v) is 1.21. The molecule has 3 nitrogen and oxygen atoms in total. The van der Waals surface area contributed by atoms with Crippen LogP contribution in [-0.4, -0.2) is 35.9 Å². The molecule has 9 heavy (non-hydrogen) atoms. The number of carbonyl (C=O) groups excluding carboxylic acids is 1. The zero-order valence-electron chi connectivity index (χ0n) is 4.84. The van der Waals surface area contributed by atoms with Crippen molar-refractivity contribution in [1.82, 2.24) is 4.90 Å². The van der Waals surface area contributed by atoms with Crippen LogP contribution in [-0.2, 0) is 9.90 Å². The Hall–Kier alpha value is -0.280. The highest BCUT2D eigenvalue weighted by molar-refractivity contribution is 6.21. The Morgan fingerprint density at radius 3 is 2.56 bits per heavy atom. The van der Waals surface area contributed by atoms with Crippen molar-refractivity contribution in [2.24, 2.45) is 0 Å². The van der Waals surface area contributed by atoms with E-state index in [1.165, 1.54) is 0 Å². The number of rotatable bonds is 2. The Morgan fingerprint density at radius 1 is 1.67 bits per heavy atom. The molecule has 1 aliphatic heterocycles. The van der Waals surface area contributed by atoms with Crippen molar-refractivity contribution < 1.29 is 9.90 Å². The predicted octanol–water partition coefficient (Wildman–Crippen LogP) is -0.134. The van der Waals surface area contributed by atoms with Gasteiger partial charge in [-0.2, -0.15) is 0 Å². The highest BCUT2D eigenvalue weighted by Gasteiger charge is 2.26. The van der Waals surface area contributed by atoms with Crippen LogP contribution in [0.25, 0.3) is 0 Å². The van der Waals surface area contributed by atoms with Crippen LogP contribution in [0, 0.1) is 0 Å². The molecule has 0 spiro atoms. The van der Waals surface area contributed by atoms with Crippen LogP contribution in [0.4, 0.5) is 0 Å². The van der Waals surface area contributed by atoms with Gasteiger partial charge in [-0.15, -0.1) is 11.6 Å². The average Bonchev–Trinajstić information content (AvgIpc) is 1.60. The molecule has 1 aliphatic rings. The number of halogens is 1. The monoisotopic (exact) mass is 148 g/mol. The summed E-state index contributed by atoms with van der Waals surface area (Å²) in [7, 11) is 0. The first kappa shape index (κ1) is 6.83. The van der Waals surface area contributed by atoms with Gasteiger partial charge in [0.25, 0.3) is 0 Å². The quantitative estimate of drug-likeness (QED) is 0.512. The normalized spacial score (nSPS) is 21.4. The third kappa shape index (κ3) is 1.84.